The van der Waals surface area contributed by atoms with E-state index in [0.29, 0.717) is 23.6 Å². The highest BCUT2D eigenvalue weighted by Crippen LogP contribution is 2.38. The number of ether oxygens (including phenoxy) is 2. The normalized spacial score (nSPS) is 12.7. The van der Waals surface area contributed by atoms with Gasteiger partial charge in [-0.05, 0) is 53.9 Å². The summed E-state index contributed by atoms with van der Waals surface area (Å²) in [4.78, 5) is 24.2. The molecule has 2 rings (SSSR count). The number of carbonyl (C=O) groups excluding carboxylic acids is 2. The van der Waals surface area contributed by atoms with Gasteiger partial charge in [0, 0.05) is 5.56 Å². The summed E-state index contributed by atoms with van der Waals surface area (Å²) in [6.07, 6.45) is 1.45. The summed E-state index contributed by atoms with van der Waals surface area (Å²) in [6.45, 7) is 14.8. The third kappa shape index (κ3) is 6.75. The van der Waals surface area contributed by atoms with Crippen LogP contribution >= 0.6 is 0 Å². The van der Waals surface area contributed by atoms with Crippen molar-refractivity contribution in [3.8, 4) is 11.5 Å². The maximum absolute atomic E-state index is 12.7. The minimum absolute atomic E-state index is 0.0506. The Morgan fingerprint density at radius 1 is 0.941 bits per heavy atom. The number of para-hydroxylation sites is 2. The Hall–Kier alpha value is -3.02. The molecular weight excluding hydrogens is 428 g/mol. The SMILES string of the molecule is CCC(Oc1ccccc1NC(=O)COc1ccc(C(C)(C)CC)cc1C(C)(C)CC)C([NH])=O. The van der Waals surface area contributed by atoms with Crippen molar-refractivity contribution in [2.75, 3.05) is 11.9 Å². The molecule has 0 fully saturated rings. The monoisotopic (exact) mass is 467 g/mol. The molecule has 34 heavy (non-hydrogen) atoms. The second kappa shape index (κ2) is 11.4. The molecule has 1 radical (unpaired) electrons. The molecule has 6 heteroatoms. The van der Waals surface area contributed by atoms with Crippen molar-refractivity contribution in [1.29, 1.82) is 0 Å². The molecule has 0 aliphatic heterocycles. The first-order valence-corrected chi connectivity index (χ1v) is 12.0. The molecule has 2 aromatic rings. The van der Waals surface area contributed by atoms with Gasteiger partial charge in [0.1, 0.15) is 11.5 Å². The van der Waals surface area contributed by atoms with E-state index in [-0.39, 0.29) is 23.3 Å². The molecule has 1 atom stereocenters. The van der Waals surface area contributed by atoms with E-state index in [1.165, 1.54) is 5.56 Å². The fourth-order valence-corrected chi connectivity index (χ4v) is 3.48. The summed E-state index contributed by atoms with van der Waals surface area (Å²) in [6, 6.07) is 13.1. The summed E-state index contributed by atoms with van der Waals surface area (Å²) >= 11 is 0. The van der Waals surface area contributed by atoms with Crippen LogP contribution in [0.25, 0.3) is 0 Å². The Bertz CT molecular complexity index is 998. The van der Waals surface area contributed by atoms with Gasteiger partial charge >= 0.3 is 0 Å². The van der Waals surface area contributed by atoms with Gasteiger partial charge in [0.15, 0.2) is 12.7 Å². The van der Waals surface area contributed by atoms with Crippen molar-refractivity contribution in [3.05, 3.63) is 53.6 Å². The van der Waals surface area contributed by atoms with Gasteiger partial charge in [-0.1, -0.05) is 72.7 Å². The highest BCUT2D eigenvalue weighted by molar-refractivity contribution is 5.93. The largest absolute Gasteiger partial charge is 0.483 e. The number of benzene rings is 2. The molecule has 2 amide bonds. The molecule has 1 unspecified atom stereocenters. The fourth-order valence-electron chi connectivity index (χ4n) is 3.48. The lowest BCUT2D eigenvalue weighted by atomic mass is 9.76. The molecule has 2 aromatic carbocycles. The Morgan fingerprint density at radius 3 is 2.18 bits per heavy atom. The summed E-state index contributed by atoms with van der Waals surface area (Å²) in [7, 11) is 0. The molecule has 0 saturated heterocycles. The molecule has 0 aromatic heterocycles. The fraction of sp³-hybridized carbons (Fsp3) is 0.500. The second-order valence-electron chi connectivity index (χ2n) is 9.90. The van der Waals surface area contributed by atoms with Crippen molar-refractivity contribution in [2.45, 2.75) is 84.7 Å². The van der Waals surface area contributed by atoms with Crippen LogP contribution in [0.4, 0.5) is 5.69 Å². The van der Waals surface area contributed by atoms with Gasteiger partial charge in [0.25, 0.3) is 11.8 Å². The number of amides is 2. The van der Waals surface area contributed by atoms with Crippen molar-refractivity contribution in [2.24, 2.45) is 0 Å². The van der Waals surface area contributed by atoms with Crippen molar-refractivity contribution in [3.63, 3.8) is 0 Å². The highest BCUT2D eigenvalue weighted by atomic mass is 16.5. The molecular formula is C28H39N2O4. The average Bonchev–Trinajstić information content (AvgIpc) is 2.81. The van der Waals surface area contributed by atoms with Crippen molar-refractivity contribution < 1.29 is 19.1 Å². The standard InChI is InChI=1S/C28H39N2O4/c1-8-22(26(29)32)34-24-14-12-11-13-21(24)30-25(31)18-33-23-16-15-19(27(4,5)9-2)17-20(23)28(6,7)10-3/h11-17,22,29H,8-10,18H2,1-7H3,(H,30,31). The van der Waals surface area contributed by atoms with Gasteiger partial charge < -0.3 is 14.8 Å². The second-order valence-corrected chi connectivity index (χ2v) is 9.90. The molecule has 0 aliphatic rings. The van der Waals surface area contributed by atoms with Gasteiger partial charge in [-0.3, -0.25) is 15.3 Å². The summed E-state index contributed by atoms with van der Waals surface area (Å²) in [5.41, 5.74) is 10.1. The third-order valence-corrected chi connectivity index (χ3v) is 6.71. The maximum atomic E-state index is 12.7. The molecule has 0 saturated carbocycles. The predicted molar refractivity (Wildman–Crippen MR) is 136 cm³/mol. The Kier molecular flexibility index (Phi) is 9.14. The average molecular weight is 468 g/mol. The maximum Gasteiger partial charge on any atom is 0.279 e. The van der Waals surface area contributed by atoms with E-state index in [4.69, 9.17) is 15.2 Å². The lowest BCUT2D eigenvalue weighted by Gasteiger charge is -2.30. The van der Waals surface area contributed by atoms with Crippen molar-refractivity contribution in [1.82, 2.24) is 5.73 Å². The minimum atomic E-state index is -0.876. The Morgan fingerprint density at radius 2 is 1.59 bits per heavy atom. The summed E-state index contributed by atoms with van der Waals surface area (Å²) in [5, 5.41) is 2.80. The molecule has 0 aliphatic carbocycles. The highest BCUT2D eigenvalue weighted by Gasteiger charge is 2.27. The number of anilines is 1. The van der Waals surface area contributed by atoms with Crippen LogP contribution in [0.2, 0.25) is 0 Å². The van der Waals surface area contributed by atoms with Crippen molar-refractivity contribution >= 4 is 17.5 Å². The van der Waals surface area contributed by atoms with Crippen LogP contribution in [0.15, 0.2) is 42.5 Å². The molecule has 0 bridgehead atoms. The van der Waals surface area contributed by atoms with E-state index in [1.54, 1.807) is 31.2 Å². The summed E-state index contributed by atoms with van der Waals surface area (Å²) < 4.78 is 11.7. The van der Waals surface area contributed by atoms with Crippen LogP contribution in [0.5, 0.6) is 11.5 Å². The third-order valence-electron chi connectivity index (χ3n) is 6.71. The number of hydrogen-bond donors (Lipinski definition) is 1. The van der Waals surface area contributed by atoms with Gasteiger partial charge in [-0.25, -0.2) is 0 Å². The van der Waals surface area contributed by atoms with Gasteiger partial charge in [0.2, 0.25) is 0 Å². The smallest absolute Gasteiger partial charge is 0.279 e. The zero-order valence-corrected chi connectivity index (χ0v) is 21.6. The predicted octanol–water partition coefficient (Wildman–Crippen LogP) is 6.05. The lowest BCUT2D eigenvalue weighted by Crippen LogP contribution is -2.28. The number of nitrogens with one attached hydrogen (secondary N) is 2. The van der Waals surface area contributed by atoms with E-state index >= 15 is 0 Å². The van der Waals surface area contributed by atoms with E-state index in [0.717, 1.165) is 18.4 Å². The zero-order valence-electron chi connectivity index (χ0n) is 21.6. The first kappa shape index (κ1) is 27.2. The first-order valence-electron chi connectivity index (χ1n) is 12.0. The van der Waals surface area contributed by atoms with Crippen LogP contribution in [0.1, 0.15) is 78.9 Å². The van der Waals surface area contributed by atoms with E-state index < -0.39 is 12.0 Å². The topological polar surface area (TPSA) is 88.4 Å². The quantitative estimate of drug-likeness (QED) is 0.412. The molecule has 185 valence electrons. The summed E-state index contributed by atoms with van der Waals surface area (Å²) in [5.74, 6) is -0.0810. The zero-order chi connectivity index (χ0) is 25.5. The van der Waals surface area contributed by atoms with Crippen LogP contribution in [0, 0.1) is 0 Å². The number of rotatable bonds is 12. The van der Waals surface area contributed by atoms with E-state index in [9.17, 15) is 9.59 Å². The molecule has 0 heterocycles. The van der Waals surface area contributed by atoms with Crippen LogP contribution in [-0.2, 0) is 20.4 Å². The minimum Gasteiger partial charge on any atom is -0.483 e. The number of hydrogen-bond acceptors (Lipinski definition) is 4. The van der Waals surface area contributed by atoms with Crippen LogP contribution < -0.4 is 20.5 Å². The molecule has 2 N–H and O–H groups in total. The molecule has 6 nitrogen and oxygen atoms in total. The number of carbonyl (C=O) groups is 2. The van der Waals surface area contributed by atoms with Gasteiger partial charge in [-0.15, -0.1) is 0 Å². The first-order chi connectivity index (χ1) is 15.9. The van der Waals surface area contributed by atoms with E-state index in [1.807, 2.05) is 6.07 Å². The van der Waals surface area contributed by atoms with Gasteiger partial charge in [0.05, 0.1) is 5.69 Å². The molecule has 0 spiro atoms. The van der Waals surface area contributed by atoms with Crippen LogP contribution in [0.3, 0.4) is 0 Å². The van der Waals surface area contributed by atoms with Crippen LogP contribution in [-0.4, -0.2) is 24.5 Å². The van der Waals surface area contributed by atoms with E-state index in [2.05, 4.69) is 59.0 Å². The Labute approximate surface area is 204 Å². The lowest BCUT2D eigenvalue weighted by molar-refractivity contribution is -0.125. The Balaban J connectivity index is 2.20. The van der Waals surface area contributed by atoms with Gasteiger partial charge in [-0.2, -0.15) is 0 Å².